The highest BCUT2D eigenvalue weighted by atomic mass is 32.2. The molecule has 0 aliphatic carbocycles. The van der Waals surface area contributed by atoms with Crippen LogP contribution in [0.5, 0.6) is 0 Å². The molecule has 1 aromatic heterocycles. The first-order chi connectivity index (χ1) is 11.1. The molecule has 1 unspecified atom stereocenters. The number of aromatic nitrogens is 1. The van der Waals surface area contributed by atoms with Crippen LogP contribution < -0.4 is 5.32 Å². The van der Waals surface area contributed by atoms with Crippen molar-refractivity contribution in [1.82, 2.24) is 10.1 Å². The third-order valence-corrected chi connectivity index (χ3v) is 5.49. The monoisotopic (exact) mass is 335 g/mol. The summed E-state index contributed by atoms with van der Waals surface area (Å²) in [5, 5.41) is 6.28. The van der Waals surface area contributed by atoms with Gasteiger partial charge in [0.2, 0.25) is 0 Å². The fraction of sp³-hybridized carbons (Fsp3) is 0.333. The second-order valence-corrected chi connectivity index (χ2v) is 7.63. The minimum absolute atomic E-state index is 0.0801. The van der Waals surface area contributed by atoms with E-state index in [9.17, 15) is 13.2 Å². The molecular weight excluding hydrogens is 318 g/mol. The molecule has 0 saturated carbocycles. The molecule has 1 fully saturated rings. The van der Waals surface area contributed by atoms with Crippen LogP contribution in [0.3, 0.4) is 0 Å². The van der Waals surface area contributed by atoms with Crippen LogP contribution in [0.4, 0.5) is 10.6 Å². The third-order valence-electron chi connectivity index (χ3n) is 3.76. The Morgan fingerprint density at radius 2 is 2.04 bits per heavy atom. The minimum atomic E-state index is -3.20. The van der Waals surface area contributed by atoms with E-state index < -0.39 is 15.9 Å². The number of carbonyl (C=O) groups excluding carboxylic acids is 1. The summed E-state index contributed by atoms with van der Waals surface area (Å²) >= 11 is 0. The predicted octanol–water partition coefficient (Wildman–Crippen LogP) is 2.07. The summed E-state index contributed by atoms with van der Waals surface area (Å²) in [6, 6.07) is 9.82. The molecule has 0 radical (unpaired) electrons. The van der Waals surface area contributed by atoms with Crippen LogP contribution in [-0.2, 0) is 9.84 Å². The molecule has 3 rings (SSSR count). The number of urea groups is 1. The Kier molecular flexibility index (Phi) is 4.33. The molecule has 2 amide bonds. The van der Waals surface area contributed by atoms with Crippen molar-refractivity contribution in [3.05, 3.63) is 48.2 Å². The van der Waals surface area contributed by atoms with Gasteiger partial charge in [-0.15, -0.1) is 0 Å². The van der Waals surface area contributed by atoms with Crippen molar-refractivity contribution in [2.24, 2.45) is 0 Å². The molecule has 2 aromatic rings. The summed E-state index contributed by atoms with van der Waals surface area (Å²) in [7, 11) is -3.20. The van der Waals surface area contributed by atoms with Gasteiger partial charge in [0, 0.05) is 12.6 Å². The van der Waals surface area contributed by atoms with Gasteiger partial charge >= 0.3 is 6.03 Å². The van der Waals surface area contributed by atoms with Gasteiger partial charge < -0.3 is 9.42 Å². The summed E-state index contributed by atoms with van der Waals surface area (Å²) in [6.07, 6.45) is 1.77. The highest BCUT2D eigenvalue weighted by Gasteiger charge is 2.33. The molecule has 8 heteroatoms. The predicted molar refractivity (Wildman–Crippen MR) is 84.7 cm³/mol. The highest BCUT2D eigenvalue weighted by molar-refractivity contribution is 7.91. The lowest BCUT2D eigenvalue weighted by atomic mass is 10.1. The number of nitrogens with zero attached hydrogens (tertiary/aromatic N) is 2. The number of nitrogens with one attached hydrogen (secondary N) is 1. The molecule has 1 N–H and O–H groups in total. The van der Waals surface area contributed by atoms with Gasteiger partial charge in [-0.25, -0.2) is 13.2 Å². The molecule has 7 nitrogen and oxygen atoms in total. The number of anilines is 1. The SMILES string of the molecule is O=C(Nc1ccon1)N1CCCS(=O)(=O)CC1c1ccccc1. The zero-order valence-corrected chi connectivity index (χ0v) is 13.2. The molecule has 1 aromatic carbocycles. The maximum Gasteiger partial charge on any atom is 0.323 e. The van der Waals surface area contributed by atoms with Gasteiger partial charge in [0.1, 0.15) is 6.26 Å². The van der Waals surface area contributed by atoms with E-state index in [-0.39, 0.29) is 17.5 Å². The highest BCUT2D eigenvalue weighted by Crippen LogP contribution is 2.27. The Balaban J connectivity index is 1.89. The Morgan fingerprint density at radius 1 is 1.26 bits per heavy atom. The molecule has 1 saturated heterocycles. The third kappa shape index (κ3) is 3.70. The van der Waals surface area contributed by atoms with Gasteiger partial charge in [0.05, 0.1) is 17.5 Å². The molecule has 23 heavy (non-hydrogen) atoms. The van der Waals surface area contributed by atoms with Crippen molar-refractivity contribution in [3.8, 4) is 0 Å². The average molecular weight is 335 g/mol. The first kappa shape index (κ1) is 15.5. The number of hydrogen-bond donors (Lipinski definition) is 1. The molecule has 1 aliphatic heterocycles. The van der Waals surface area contributed by atoms with E-state index in [0.29, 0.717) is 18.8 Å². The first-order valence-electron chi connectivity index (χ1n) is 7.28. The molecule has 122 valence electrons. The summed E-state index contributed by atoms with van der Waals surface area (Å²) < 4.78 is 29.0. The van der Waals surface area contributed by atoms with E-state index in [1.807, 2.05) is 30.3 Å². The van der Waals surface area contributed by atoms with Crippen molar-refractivity contribution in [2.45, 2.75) is 12.5 Å². The van der Waals surface area contributed by atoms with Crippen molar-refractivity contribution in [3.63, 3.8) is 0 Å². The summed E-state index contributed by atoms with van der Waals surface area (Å²) in [6.45, 7) is 0.364. The fourth-order valence-electron chi connectivity index (χ4n) is 2.68. The van der Waals surface area contributed by atoms with Gasteiger partial charge in [-0.05, 0) is 12.0 Å². The van der Waals surface area contributed by atoms with Crippen molar-refractivity contribution >= 4 is 21.7 Å². The van der Waals surface area contributed by atoms with Crippen LogP contribution in [0.2, 0.25) is 0 Å². The standard InChI is InChI=1S/C15H17N3O4S/c19-15(16-14-7-9-22-17-14)18-8-4-10-23(20,21)11-13(18)12-5-2-1-3-6-12/h1-3,5-7,9,13H,4,8,10-11H2,(H,16,17,19). The maximum absolute atomic E-state index is 12.6. The van der Waals surface area contributed by atoms with Crippen LogP contribution >= 0.6 is 0 Å². The minimum Gasteiger partial charge on any atom is -0.363 e. The summed E-state index contributed by atoms with van der Waals surface area (Å²) in [4.78, 5) is 14.1. The summed E-state index contributed by atoms with van der Waals surface area (Å²) in [5.41, 5.74) is 0.799. The van der Waals surface area contributed by atoms with Crippen molar-refractivity contribution in [2.75, 3.05) is 23.4 Å². The zero-order valence-electron chi connectivity index (χ0n) is 12.4. The number of sulfone groups is 1. The lowest BCUT2D eigenvalue weighted by Gasteiger charge is -2.29. The topological polar surface area (TPSA) is 92.5 Å². The second-order valence-electron chi connectivity index (χ2n) is 5.40. The molecule has 2 heterocycles. The van der Waals surface area contributed by atoms with Crippen molar-refractivity contribution < 1.29 is 17.7 Å². The van der Waals surface area contributed by atoms with E-state index in [1.165, 1.54) is 12.3 Å². The number of benzene rings is 1. The first-order valence-corrected chi connectivity index (χ1v) is 9.11. The zero-order chi connectivity index (χ0) is 16.3. The largest absolute Gasteiger partial charge is 0.363 e. The smallest absolute Gasteiger partial charge is 0.323 e. The lowest BCUT2D eigenvalue weighted by molar-refractivity contribution is 0.195. The maximum atomic E-state index is 12.6. The second kappa shape index (κ2) is 6.41. The van der Waals surface area contributed by atoms with Gasteiger partial charge in [0.25, 0.3) is 0 Å². The van der Waals surface area contributed by atoms with E-state index >= 15 is 0 Å². The molecule has 1 atom stereocenters. The van der Waals surface area contributed by atoms with Gasteiger partial charge in [0.15, 0.2) is 15.7 Å². The van der Waals surface area contributed by atoms with Gasteiger partial charge in [-0.2, -0.15) is 0 Å². The Hall–Kier alpha value is -2.35. The average Bonchev–Trinajstić information content (AvgIpc) is 2.97. The molecular formula is C15H17N3O4S. The number of rotatable bonds is 2. The fourth-order valence-corrected chi connectivity index (χ4v) is 4.27. The lowest BCUT2D eigenvalue weighted by Crippen LogP contribution is -2.39. The van der Waals surface area contributed by atoms with Gasteiger partial charge in [-0.1, -0.05) is 35.5 Å². The van der Waals surface area contributed by atoms with E-state index in [4.69, 9.17) is 4.52 Å². The molecule has 1 aliphatic rings. The van der Waals surface area contributed by atoms with Crippen LogP contribution in [0, 0.1) is 0 Å². The van der Waals surface area contributed by atoms with Gasteiger partial charge in [-0.3, -0.25) is 5.32 Å². The van der Waals surface area contributed by atoms with E-state index in [2.05, 4.69) is 10.5 Å². The Morgan fingerprint density at radius 3 is 2.74 bits per heavy atom. The quantitative estimate of drug-likeness (QED) is 0.907. The van der Waals surface area contributed by atoms with Crippen LogP contribution in [0.1, 0.15) is 18.0 Å². The molecule has 0 spiro atoms. The van der Waals surface area contributed by atoms with Crippen molar-refractivity contribution in [1.29, 1.82) is 0 Å². The Bertz CT molecular complexity index is 759. The Labute approximate surface area is 134 Å². The van der Waals surface area contributed by atoms with Crippen LogP contribution in [-0.4, -0.2) is 42.6 Å². The van der Waals surface area contributed by atoms with E-state index in [1.54, 1.807) is 4.90 Å². The van der Waals surface area contributed by atoms with Crippen LogP contribution in [0.25, 0.3) is 0 Å². The normalized spacial score (nSPS) is 20.7. The number of carbonyl (C=O) groups is 1. The summed E-state index contributed by atoms with van der Waals surface area (Å²) in [5.74, 6) is 0.307. The molecule has 0 bridgehead atoms. The number of amides is 2. The van der Waals surface area contributed by atoms with E-state index in [0.717, 1.165) is 5.56 Å². The number of hydrogen-bond acceptors (Lipinski definition) is 5. The van der Waals surface area contributed by atoms with Crippen LogP contribution in [0.15, 0.2) is 47.2 Å².